The van der Waals surface area contributed by atoms with Crippen molar-refractivity contribution in [3.8, 4) is 39.9 Å². The first-order chi connectivity index (χ1) is 59.1. The van der Waals surface area contributed by atoms with Gasteiger partial charge in [-0.1, -0.05) is 24.3 Å². The van der Waals surface area contributed by atoms with Crippen LogP contribution in [-0.2, 0) is 32.4 Å². The van der Waals surface area contributed by atoms with Gasteiger partial charge in [0.15, 0.2) is 23.3 Å². The van der Waals surface area contributed by atoms with Gasteiger partial charge in [-0.25, -0.2) is 42.5 Å². The molecular formula is C90H93F4N15O13. The summed E-state index contributed by atoms with van der Waals surface area (Å²) >= 11 is 0. The number of fused-ring (bicyclic) bond motifs is 8. The lowest BCUT2D eigenvalue weighted by atomic mass is 9.88. The molecule has 634 valence electrons. The maximum Gasteiger partial charge on any atom is 0.162 e. The Labute approximate surface area is 696 Å². The van der Waals surface area contributed by atoms with E-state index in [4.69, 9.17) is 29.4 Å². The molecule has 7 aliphatic rings. The molecule has 16 atom stereocenters. The van der Waals surface area contributed by atoms with Crippen LogP contribution >= 0.6 is 0 Å². The first-order valence-electron chi connectivity index (χ1n) is 41.1. The molecule has 4 fully saturated rings. The van der Waals surface area contributed by atoms with Crippen molar-refractivity contribution in [2.45, 2.75) is 189 Å². The van der Waals surface area contributed by atoms with Crippen molar-refractivity contribution >= 4 is 60.6 Å². The van der Waals surface area contributed by atoms with Gasteiger partial charge in [-0.3, -0.25) is 10.1 Å². The molecule has 4 saturated carbocycles. The van der Waals surface area contributed by atoms with Gasteiger partial charge in [-0.05, 0) is 153 Å². The molecule has 5 aliphatic carbocycles. The third-order valence-electron chi connectivity index (χ3n) is 25.1. The Morgan fingerprint density at radius 2 is 1.03 bits per heavy atom. The first-order valence-corrected chi connectivity index (χ1v) is 41.1. The zero-order chi connectivity index (χ0) is 84.5. The minimum Gasteiger partial charge on any atom is -0.492 e. The summed E-state index contributed by atoms with van der Waals surface area (Å²) in [5.74, 6) is 0.102. The van der Waals surface area contributed by atoms with Crippen LogP contribution in [0.2, 0.25) is 0 Å². The molecule has 16 unspecified atom stereocenters. The number of aliphatic hydroxyl groups excluding tert-OH is 8. The number of benzene rings is 4. The number of aromatic amines is 1. The summed E-state index contributed by atoms with van der Waals surface area (Å²) in [7, 11) is 0. The lowest BCUT2D eigenvalue weighted by Crippen LogP contribution is -2.35. The fourth-order valence-corrected chi connectivity index (χ4v) is 18.6. The minimum atomic E-state index is -1.30. The van der Waals surface area contributed by atoms with E-state index in [1.807, 2.05) is 102 Å². The monoisotopic (exact) mass is 1670 g/mol. The summed E-state index contributed by atoms with van der Waals surface area (Å²) in [5, 5.41) is 104. The molecule has 0 radical (unpaired) electrons. The number of nitrogens with two attached hydrogens (primary N) is 1. The molecule has 32 heteroatoms. The fraction of sp³-hybridized carbons (Fsp3) is 0.367. The second-order valence-corrected chi connectivity index (χ2v) is 32.4. The van der Waals surface area contributed by atoms with Crippen molar-refractivity contribution in [1.29, 1.82) is 0 Å². The van der Waals surface area contributed by atoms with Gasteiger partial charge in [0.25, 0.3) is 0 Å². The zero-order valence-electron chi connectivity index (χ0n) is 66.9. The normalized spacial score (nSPS) is 25.4. The molecule has 0 bridgehead atoms. The summed E-state index contributed by atoms with van der Waals surface area (Å²) in [5.41, 5.74) is 17.4. The molecule has 14 aromatic rings. The van der Waals surface area contributed by atoms with E-state index in [1.54, 1.807) is 50.0 Å². The van der Waals surface area contributed by atoms with Gasteiger partial charge in [-0.15, -0.1) is 0 Å². The van der Waals surface area contributed by atoms with E-state index in [9.17, 15) is 58.4 Å². The largest absolute Gasteiger partial charge is 0.492 e. The van der Waals surface area contributed by atoms with Gasteiger partial charge in [0.05, 0.1) is 46.8 Å². The fourth-order valence-electron chi connectivity index (χ4n) is 18.6. The molecule has 0 amide bonds. The number of anilines is 1. The van der Waals surface area contributed by atoms with Crippen LogP contribution in [-0.4, -0.2) is 192 Å². The van der Waals surface area contributed by atoms with Crippen molar-refractivity contribution in [3.63, 3.8) is 0 Å². The van der Waals surface area contributed by atoms with E-state index >= 15 is 0 Å². The minimum absolute atomic E-state index is 0.135. The van der Waals surface area contributed by atoms with Crippen molar-refractivity contribution in [2.24, 2.45) is 0 Å². The molecule has 0 saturated heterocycles. The summed E-state index contributed by atoms with van der Waals surface area (Å²) in [4.78, 5) is 25.8. The van der Waals surface area contributed by atoms with Crippen LogP contribution in [0, 0.1) is 44.0 Å². The summed E-state index contributed by atoms with van der Waals surface area (Å²) in [6.07, 6.45) is 14.5. The highest BCUT2D eigenvalue weighted by Gasteiger charge is 2.49. The van der Waals surface area contributed by atoms with Gasteiger partial charge < -0.3 is 99.2 Å². The Balaban J connectivity index is 0.000000111. The van der Waals surface area contributed by atoms with E-state index in [1.165, 1.54) is 51.2 Å². The quantitative estimate of drug-likeness (QED) is 0.0477. The highest BCUT2D eigenvalue weighted by Crippen LogP contribution is 2.46. The van der Waals surface area contributed by atoms with E-state index in [0.717, 1.165) is 111 Å². The third-order valence-corrected chi connectivity index (χ3v) is 25.1. The Hall–Kier alpha value is -11.7. The number of hydrogen-bond acceptors (Lipinski definition) is 23. The van der Waals surface area contributed by atoms with Gasteiger partial charge in [0, 0.05) is 157 Å². The summed E-state index contributed by atoms with van der Waals surface area (Å²) in [6.45, 7) is 8.61. The Morgan fingerprint density at radius 3 is 1.71 bits per heavy atom. The van der Waals surface area contributed by atoms with Crippen LogP contribution in [0.15, 0.2) is 165 Å². The number of hydrogen-bond donors (Lipinski definition) is 12. The number of aromatic nitrogens is 12. The Bertz CT molecular complexity index is 6180. The third kappa shape index (κ3) is 15.2. The van der Waals surface area contributed by atoms with Crippen LogP contribution in [0.4, 0.5) is 23.2 Å². The second kappa shape index (κ2) is 34.0. The number of nitrogens with zero attached hydrogens (tertiary/aromatic N) is 11. The predicted octanol–water partition coefficient (Wildman–Crippen LogP) is 10.0. The summed E-state index contributed by atoms with van der Waals surface area (Å²) in [6, 6.07) is 25.6. The average molecular weight is 1670 g/mol. The molecule has 21 rings (SSSR count). The van der Waals surface area contributed by atoms with Gasteiger partial charge in [0.2, 0.25) is 0 Å². The van der Waals surface area contributed by atoms with Gasteiger partial charge in [0.1, 0.15) is 138 Å². The molecule has 122 heavy (non-hydrogen) atoms. The maximum absolute atomic E-state index is 14.5. The maximum atomic E-state index is 14.5. The molecule has 4 aromatic carbocycles. The van der Waals surface area contributed by atoms with E-state index in [-0.39, 0.29) is 47.3 Å². The van der Waals surface area contributed by atoms with E-state index in [2.05, 4.69) is 56.8 Å². The van der Waals surface area contributed by atoms with Crippen LogP contribution < -0.4 is 40.1 Å². The molecule has 0 spiro atoms. The number of halogens is 4. The number of H-pyrrole nitrogens is 1. The first kappa shape index (κ1) is 81.3. The van der Waals surface area contributed by atoms with Crippen molar-refractivity contribution in [3.05, 3.63) is 233 Å². The zero-order valence-corrected chi connectivity index (χ0v) is 66.9. The number of pyridine rings is 4. The van der Waals surface area contributed by atoms with Crippen LogP contribution in [0.3, 0.4) is 0 Å². The lowest BCUT2D eigenvalue weighted by Gasteiger charge is -2.25. The highest BCUT2D eigenvalue weighted by molar-refractivity contribution is 5.90. The Kier molecular flexibility index (Phi) is 22.6. The molecule has 10 aromatic heterocycles. The summed E-state index contributed by atoms with van der Waals surface area (Å²) < 4.78 is 94.7. The van der Waals surface area contributed by atoms with Crippen LogP contribution in [0.25, 0.3) is 66.0 Å². The molecular weight excluding hydrogens is 1580 g/mol. The molecule has 13 N–H and O–H groups in total. The van der Waals surface area contributed by atoms with Crippen LogP contribution in [0.5, 0.6) is 28.7 Å². The van der Waals surface area contributed by atoms with Crippen molar-refractivity contribution in [1.82, 2.24) is 69.0 Å². The van der Waals surface area contributed by atoms with Crippen LogP contribution in [0.1, 0.15) is 107 Å². The molecule has 2 aliphatic heterocycles. The van der Waals surface area contributed by atoms with Crippen molar-refractivity contribution in [2.75, 3.05) is 25.4 Å². The van der Waals surface area contributed by atoms with E-state index < -0.39 is 109 Å². The highest BCUT2D eigenvalue weighted by atomic mass is 19.2. The lowest BCUT2D eigenvalue weighted by molar-refractivity contribution is -0.0167. The predicted molar refractivity (Wildman–Crippen MR) is 443 cm³/mol. The number of nitrogens with one attached hydrogen (secondary N) is 3. The smallest absolute Gasteiger partial charge is 0.162 e. The number of aryl methyl sites for hydroxylation is 4. The Morgan fingerprint density at radius 1 is 0.467 bits per heavy atom. The number of rotatable bonds is 13. The van der Waals surface area contributed by atoms with E-state index in [0.29, 0.717) is 84.8 Å². The SMILES string of the molecule is Cc1ccnc2c1c(F)cn2C1CC(Oc2cc(F)c(F)c3c2CNCC3)C(O)C1O.Cc1ccnc2c1ccn2C1CC(Oc2cccc3c2CNCCO3)C(O)C1O.Cc1ncnc2c1ccn2C1CC(Oc2cc(-c3cn[nH]c3)cc3c2CCCC3)C(O)C1O.Nc1ccnc2c1c(F)cn2C1CC(Oc2cccc3ccncc23)C(O)C1O. The number of nitrogen functional groups attached to an aromatic ring is 1. The van der Waals surface area contributed by atoms with Crippen molar-refractivity contribution < 1.29 is 82.1 Å². The number of aliphatic hydroxyl groups is 8. The standard InChI is InChI=1S/C25H27N5O3.C22H22F3N3O3.C22H25N3O4.C21H19FN4O3/c1-14-18-6-7-30(25(18)27-13-26-14)20-10-22(24(32)23(20)31)33-21-9-16(17-11-28-29-12-17)8-15-4-2-3-5-19(15)21;1-10-2-5-27-22-18(10)14(24)9-28(22)15-7-17(21(30)20(15)29)31-16-6-13(23)19(25)11-3-4-26-8-12(11)16;1-13-5-7-24-22-14(13)6-9-25(22)16-11-19(21(27)20(16)26)29-18-4-2-3-17-15(18)12-23-8-10-28-17;22-13-10-26(21-18(13)14(23)5-7-25-21)15-8-17(20(28)19(15)27)29-16-3-1-2-11-4-6-24-9-12(11)16/h6-9,11-13,20,22-24,31-32H,2-5,10H2,1H3,(H,28,29);2,5-6,9,15,17,20-21,26,29-30H,3-4,7-8H2,1H3;2-7,9,16,19-21,23,26-27H,8,10-12H2,1H3;1-7,9-10,15,17,19-20,27-28H,8H2,(H2,23,25). The molecule has 28 nitrogen and oxygen atoms in total. The molecule has 12 heterocycles. The topological polar surface area (TPSA) is 384 Å². The number of ether oxygens (including phenoxy) is 5. The van der Waals surface area contributed by atoms with Gasteiger partial charge in [-0.2, -0.15) is 5.10 Å². The van der Waals surface area contributed by atoms with Gasteiger partial charge >= 0.3 is 0 Å². The second-order valence-electron chi connectivity index (χ2n) is 32.4. The average Bonchev–Trinajstić information content (AvgIpc) is 1.60.